The number of aromatic nitrogens is 2. The number of nitrogens with zero attached hydrogens (tertiary/aromatic N) is 2. The molecule has 1 N–H and O–H groups in total. The Hall–Kier alpha value is -2.61. The van der Waals surface area contributed by atoms with E-state index in [1.165, 1.54) is 12.3 Å². The van der Waals surface area contributed by atoms with E-state index in [4.69, 9.17) is 5.26 Å². The minimum Gasteiger partial charge on any atom is -0.403 e. The molecule has 0 saturated heterocycles. The molecule has 0 unspecified atom stereocenters. The average Bonchev–Trinajstić information content (AvgIpc) is 2.49. The average molecular weight is 363 g/mol. The molecular weight excluding hydrogens is 357 g/mol. The maximum atomic E-state index is 14.3. The van der Waals surface area contributed by atoms with Crippen molar-refractivity contribution in [1.29, 1.82) is 5.26 Å². The molecule has 0 bridgehead atoms. The van der Waals surface area contributed by atoms with Gasteiger partial charge in [-0.25, -0.2) is 13.8 Å². The largest absolute Gasteiger partial charge is 0.573 e. The van der Waals surface area contributed by atoms with Crippen LogP contribution in [-0.4, -0.2) is 22.6 Å². The number of hydrogen-bond donors (Lipinski definition) is 1. The van der Waals surface area contributed by atoms with Crippen molar-refractivity contribution < 1.29 is 26.7 Å². The number of thioether (sulfide) groups is 1. The number of nitriles is 1. The lowest BCUT2D eigenvalue weighted by Gasteiger charge is -2.13. The number of halogens is 5. The van der Waals surface area contributed by atoms with Crippen LogP contribution < -0.4 is 10.3 Å². The summed E-state index contributed by atoms with van der Waals surface area (Å²) in [6, 6.07) is 2.38. The predicted molar refractivity (Wildman–Crippen MR) is 73.4 cm³/mol. The van der Waals surface area contributed by atoms with Gasteiger partial charge in [-0.05, 0) is 18.4 Å². The molecule has 24 heavy (non-hydrogen) atoms. The molecule has 2 rings (SSSR count). The lowest BCUT2D eigenvalue weighted by atomic mass is 10.1. The lowest BCUT2D eigenvalue weighted by molar-refractivity contribution is -0.275. The molecule has 11 heteroatoms. The van der Waals surface area contributed by atoms with Crippen LogP contribution in [0.1, 0.15) is 5.56 Å². The van der Waals surface area contributed by atoms with Crippen LogP contribution in [0, 0.1) is 23.0 Å². The van der Waals surface area contributed by atoms with E-state index < -0.39 is 46.1 Å². The normalized spacial score (nSPS) is 11.2. The minimum absolute atomic E-state index is 0.0741. The van der Waals surface area contributed by atoms with E-state index in [2.05, 4.69) is 14.7 Å². The molecular formula is C13H6F5N3O2S. The van der Waals surface area contributed by atoms with E-state index in [1.54, 1.807) is 0 Å². The zero-order valence-electron chi connectivity index (χ0n) is 11.7. The van der Waals surface area contributed by atoms with Crippen molar-refractivity contribution in [2.75, 3.05) is 6.26 Å². The second-order valence-corrected chi connectivity index (χ2v) is 4.99. The monoisotopic (exact) mass is 363 g/mol. The van der Waals surface area contributed by atoms with Crippen LogP contribution in [0.4, 0.5) is 22.0 Å². The third-order valence-electron chi connectivity index (χ3n) is 2.72. The Morgan fingerprint density at radius 1 is 1.33 bits per heavy atom. The maximum absolute atomic E-state index is 14.3. The first-order chi connectivity index (χ1) is 11.2. The number of rotatable bonds is 3. The van der Waals surface area contributed by atoms with Gasteiger partial charge in [0.2, 0.25) is 0 Å². The van der Waals surface area contributed by atoms with E-state index >= 15 is 0 Å². The standard InChI is InChI=1S/C13H6F5N3O2S/c1-24-12-20-10(5(4-19)11(22)21-12)8-6(14)2-3-7(9(8)15)23-13(16,17)18/h2-3H,1H3,(H,20,21,22). The summed E-state index contributed by atoms with van der Waals surface area (Å²) in [6.07, 6.45) is -3.72. The molecule has 2 aromatic rings. The molecule has 1 aromatic heterocycles. The van der Waals surface area contributed by atoms with Gasteiger partial charge >= 0.3 is 6.36 Å². The Bertz CT molecular complexity index is 889. The van der Waals surface area contributed by atoms with Crippen molar-refractivity contribution >= 4 is 11.8 Å². The fourth-order valence-electron chi connectivity index (χ4n) is 1.79. The van der Waals surface area contributed by atoms with Gasteiger partial charge in [-0.2, -0.15) is 5.26 Å². The van der Waals surface area contributed by atoms with Crippen LogP contribution in [0.25, 0.3) is 11.3 Å². The van der Waals surface area contributed by atoms with Crippen molar-refractivity contribution in [2.45, 2.75) is 11.5 Å². The van der Waals surface area contributed by atoms with E-state index in [0.717, 1.165) is 11.8 Å². The molecule has 1 heterocycles. The first-order valence-corrected chi connectivity index (χ1v) is 7.23. The molecule has 0 aliphatic carbocycles. The van der Waals surface area contributed by atoms with Crippen molar-refractivity contribution in [3.8, 4) is 23.1 Å². The third kappa shape index (κ3) is 3.48. The van der Waals surface area contributed by atoms with E-state index in [9.17, 15) is 26.7 Å². The highest BCUT2D eigenvalue weighted by molar-refractivity contribution is 7.98. The fourth-order valence-corrected chi connectivity index (χ4v) is 2.17. The van der Waals surface area contributed by atoms with Gasteiger partial charge in [-0.3, -0.25) is 4.79 Å². The minimum atomic E-state index is -5.21. The van der Waals surface area contributed by atoms with Crippen molar-refractivity contribution in [3.63, 3.8) is 0 Å². The van der Waals surface area contributed by atoms with E-state index in [1.807, 2.05) is 0 Å². The van der Waals surface area contributed by atoms with Crippen molar-refractivity contribution in [3.05, 3.63) is 39.7 Å². The smallest absolute Gasteiger partial charge is 0.403 e. The van der Waals surface area contributed by atoms with E-state index in [-0.39, 0.29) is 5.16 Å². The molecule has 5 nitrogen and oxygen atoms in total. The Balaban J connectivity index is 2.78. The zero-order valence-corrected chi connectivity index (χ0v) is 12.5. The molecule has 0 aliphatic rings. The molecule has 126 valence electrons. The summed E-state index contributed by atoms with van der Waals surface area (Å²) in [5.41, 5.74) is -3.49. The molecule has 0 fully saturated rings. The molecule has 0 radical (unpaired) electrons. The topological polar surface area (TPSA) is 78.8 Å². The number of hydrogen-bond acceptors (Lipinski definition) is 5. The lowest BCUT2D eigenvalue weighted by Crippen LogP contribution is -2.19. The van der Waals surface area contributed by atoms with Crippen molar-refractivity contribution in [1.82, 2.24) is 9.97 Å². The van der Waals surface area contributed by atoms with Crippen LogP contribution in [0.3, 0.4) is 0 Å². The summed E-state index contributed by atoms with van der Waals surface area (Å²) >= 11 is 0.905. The van der Waals surface area contributed by atoms with Crippen LogP contribution in [0.15, 0.2) is 22.1 Å². The molecule has 0 saturated carbocycles. The Morgan fingerprint density at radius 3 is 2.54 bits per heavy atom. The quantitative estimate of drug-likeness (QED) is 0.515. The number of H-pyrrole nitrogens is 1. The Morgan fingerprint density at radius 2 is 2.00 bits per heavy atom. The van der Waals surface area contributed by atoms with Gasteiger partial charge in [0.1, 0.15) is 23.1 Å². The zero-order chi connectivity index (χ0) is 18.1. The highest BCUT2D eigenvalue weighted by Gasteiger charge is 2.34. The SMILES string of the molecule is CSc1nc(-c2c(F)ccc(OC(F)(F)F)c2F)c(C#N)c(=O)[nH]1. The molecule has 0 spiro atoms. The number of benzene rings is 1. The second-order valence-electron chi connectivity index (χ2n) is 4.19. The van der Waals surface area contributed by atoms with Crippen LogP contribution in [-0.2, 0) is 0 Å². The van der Waals surface area contributed by atoms with Gasteiger partial charge in [-0.1, -0.05) is 11.8 Å². The summed E-state index contributed by atoms with van der Waals surface area (Å²) in [5.74, 6) is -4.34. The van der Waals surface area contributed by atoms with Crippen LogP contribution >= 0.6 is 11.8 Å². The fraction of sp³-hybridized carbons (Fsp3) is 0.154. The number of alkyl halides is 3. The predicted octanol–water partition coefficient (Wildman–Crippen LogP) is 3.21. The number of nitrogens with one attached hydrogen (secondary N) is 1. The number of ether oxygens (including phenoxy) is 1. The summed E-state index contributed by atoms with van der Waals surface area (Å²) in [5, 5.41) is 8.91. The van der Waals surface area contributed by atoms with Crippen molar-refractivity contribution in [2.24, 2.45) is 0 Å². The van der Waals surface area contributed by atoms with Gasteiger partial charge in [0.25, 0.3) is 5.56 Å². The molecule has 1 aromatic carbocycles. The van der Waals surface area contributed by atoms with Gasteiger partial charge in [0.15, 0.2) is 16.7 Å². The number of aromatic amines is 1. The van der Waals surface area contributed by atoms with Crippen LogP contribution in [0.2, 0.25) is 0 Å². The van der Waals surface area contributed by atoms with Gasteiger partial charge in [0.05, 0.1) is 5.56 Å². The Labute approximate surface area is 135 Å². The first kappa shape index (κ1) is 17.7. The van der Waals surface area contributed by atoms with Gasteiger partial charge in [-0.15, -0.1) is 13.2 Å². The summed E-state index contributed by atoms with van der Waals surface area (Å²) in [6.45, 7) is 0. The molecule has 0 atom stereocenters. The van der Waals surface area contributed by atoms with Gasteiger partial charge in [0, 0.05) is 0 Å². The molecule has 0 aliphatic heterocycles. The third-order valence-corrected chi connectivity index (χ3v) is 3.30. The van der Waals surface area contributed by atoms with Gasteiger partial charge < -0.3 is 9.72 Å². The summed E-state index contributed by atoms with van der Waals surface area (Å²) in [7, 11) is 0. The highest BCUT2D eigenvalue weighted by Crippen LogP contribution is 2.34. The summed E-state index contributed by atoms with van der Waals surface area (Å²) < 4.78 is 68.6. The second kappa shape index (κ2) is 6.48. The highest BCUT2D eigenvalue weighted by atomic mass is 32.2. The summed E-state index contributed by atoms with van der Waals surface area (Å²) in [4.78, 5) is 17.7. The molecule has 0 amide bonds. The van der Waals surface area contributed by atoms with Crippen LogP contribution in [0.5, 0.6) is 5.75 Å². The Kier molecular flexibility index (Phi) is 4.79. The maximum Gasteiger partial charge on any atom is 0.573 e. The first-order valence-electron chi connectivity index (χ1n) is 6.00. The van der Waals surface area contributed by atoms with E-state index in [0.29, 0.717) is 12.1 Å².